The zero-order chi connectivity index (χ0) is 43.1. The van der Waals surface area contributed by atoms with Crippen LogP contribution in [0.2, 0.25) is 0 Å². The average molecular weight is 870 g/mol. The van der Waals surface area contributed by atoms with Gasteiger partial charge < -0.3 is 19.4 Å². The zero-order valence-electron chi connectivity index (χ0n) is 36.4. The first-order valence-electron chi connectivity index (χ1n) is 20.7. The predicted molar refractivity (Wildman–Crippen MR) is 256 cm³/mol. The molecule has 0 atom stereocenters. The summed E-state index contributed by atoms with van der Waals surface area (Å²) >= 11 is 0. The quantitative estimate of drug-likeness (QED) is 0.112. The minimum atomic E-state index is 0. The molecule has 0 aliphatic carbocycles. The topological polar surface area (TPSA) is 72.4 Å². The molecule has 0 N–H and O–H groups in total. The van der Waals surface area contributed by atoms with Crippen LogP contribution >= 0.6 is 0 Å². The number of ether oxygens (including phenoxy) is 2. The van der Waals surface area contributed by atoms with Crippen LogP contribution in [-0.2, 0) is 19.5 Å². The molecule has 0 saturated carbocycles. The molecule has 3 aromatic heterocycles. The Kier molecular flexibility index (Phi) is 11.9. The Morgan fingerprint density at radius 1 is 0.444 bits per heavy atom. The van der Waals surface area contributed by atoms with Crippen LogP contribution < -0.4 is 19.4 Å². The van der Waals surface area contributed by atoms with E-state index < -0.39 is 0 Å². The summed E-state index contributed by atoms with van der Waals surface area (Å²) in [6, 6.07) is 33.2. The fraction of sp³-hybridized carbons (Fsp3) is 0.143. The Morgan fingerprint density at radius 2 is 0.778 bits per heavy atom. The first kappa shape index (κ1) is 42.5. The largest absolute Gasteiger partial charge is 2.00 e. The van der Waals surface area contributed by atoms with E-state index in [4.69, 9.17) is 42.3 Å². The van der Waals surface area contributed by atoms with E-state index >= 15 is 0 Å². The predicted octanol–water partition coefficient (Wildman–Crippen LogP) is 12.5. The van der Waals surface area contributed by atoms with Gasteiger partial charge in [-0.05, 0) is 157 Å². The second-order valence-corrected chi connectivity index (χ2v) is 16.0. The van der Waals surface area contributed by atoms with Crippen LogP contribution in [0.3, 0.4) is 0 Å². The normalized spacial score (nSPS) is 11.5. The molecule has 7 heteroatoms. The second kappa shape index (κ2) is 17.7. The summed E-state index contributed by atoms with van der Waals surface area (Å²) in [7, 11) is 0. The van der Waals surface area contributed by atoms with Crippen LogP contribution in [0, 0.1) is 66.2 Å². The summed E-state index contributed by atoms with van der Waals surface area (Å²) < 4.78 is 11.9. The van der Waals surface area contributed by atoms with Gasteiger partial charge in [-0.3, -0.25) is 0 Å². The molecule has 9 rings (SSSR count). The van der Waals surface area contributed by atoms with Crippen molar-refractivity contribution in [2.45, 2.75) is 41.5 Å². The van der Waals surface area contributed by atoms with Gasteiger partial charge in [0.25, 0.3) is 0 Å². The Bertz CT molecular complexity index is 3030. The molecular weight excluding hydrogens is 826 g/mol. The van der Waals surface area contributed by atoms with Crippen LogP contribution in [0.15, 0.2) is 97.1 Å². The monoisotopic (exact) mass is 868 g/mol. The number of fused-ring (bicyclic) bond motifs is 8. The van der Waals surface area contributed by atoms with Crippen molar-refractivity contribution in [3.8, 4) is 80.7 Å². The number of hydrogen-bond acceptors (Lipinski definition) is 4. The Balaban J connectivity index is 0.00000544. The SMILES string of the molecule is C#CCOc1cccc(-c2c3nc(c(-c4c(C)cc(C)cc4C)c4ccc([n-]4)c(-c4cccc(OCC#C)c4)c4nc(c(-c5c(C)cc(C)cc5C)c5ccc2[n-]5)C=C4)C=C3)c1.[Zn+2]. The van der Waals surface area contributed by atoms with Crippen molar-refractivity contribution < 1.29 is 29.0 Å². The van der Waals surface area contributed by atoms with E-state index in [-0.39, 0.29) is 32.7 Å². The summed E-state index contributed by atoms with van der Waals surface area (Å²) in [6.45, 7) is 13.2. The molecule has 0 unspecified atom stereocenters. The molecule has 5 heterocycles. The molecule has 0 saturated heterocycles. The summed E-state index contributed by atoms with van der Waals surface area (Å²) in [6.07, 6.45) is 19.5. The number of aromatic nitrogens is 4. The van der Waals surface area contributed by atoms with Gasteiger partial charge in [0.2, 0.25) is 0 Å². The molecule has 6 nitrogen and oxygen atoms in total. The van der Waals surface area contributed by atoms with Gasteiger partial charge in [-0.1, -0.05) is 95.8 Å². The molecule has 0 fully saturated rings. The van der Waals surface area contributed by atoms with Crippen LogP contribution in [0.4, 0.5) is 0 Å². The number of rotatable bonds is 8. The zero-order valence-corrected chi connectivity index (χ0v) is 39.4. The van der Waals surface area contributed by atoms with E-state index in [1.165, 1.54) is 11.1 Å². The summed E-state index contributed by atoms with van der Waals surface area (Å²) in [5.41, 5.74) is 20.8. The molecule has 7 aromatic rings. The van der Waals surface area contributed by atoms with Gasteiger partial charge in [0.05, 0.1) is 22.8 Å². The van der Waals surface area contributed by atoms with Crippen molar-refractivity contribution in [3.63, 3.8) is 0 Å². The first-order chi connectivity index (χ1) is 30.1. The molecule has 0 spiro atoms. The smallest absolute Gasteiger partial charge is 0.657 e. The van der Waals surface area contributed by atoms with E-state index in [1.807, 2.05) is 36.4 Å². The number of benzene rings is 4. The van der Waals surface area contributed by atoms with Gasteiger partial charge in [0.1, 0.15) is 24.7 Å². The van der Waals surface area contributed by atoms with Crippen LogP contribution in [-0.4, -0.2) is 23.2 Å². The molecular formula is C56H44N4O2Zn. The number of hydrogen-bond donors (Lipinski definition) is 0. The van der Waals surface area contributed by atoms with Crippen LogP contribution in [0.5, 0.6) is 11.5 Å². The molecule has 2 aliphatic heterocycles. The van der Waals surface area contributed by atoms with Gasteiger partial charge >= 0.3 is 19.5 Å². The molecule has 302 valence electrons. The van der Waals surface area contributed by atoms with Crippen molar-refractivity contribution in [3.05, 3.63) is 153 Å². The maximum atomic E-state index is 5.94. The Labute approximate surface area is 382 Å². The minimum absolute atomic E-state index is 0. The second-order valence-electron chi connectivity index (χ2n) is 16.0. The van der Waals surface area contributed by atoms with E-state index in [9.17, 15) is 0 Å². The summed E-state index contributed by atoms with van der Waals surface area (Å²) in [5, 5.41) is 0. The van der Waals surface area contributed by atoms with Gasteiger partial charge in [-0.25, -0.2) is 9.97 Å². The molecule has 0 amide bonds. The maximum Gasteiger partial charge on any atom is 2.00 e. The van der Waals surface area contributed by atoms with Gasteiger partial charge in [-0.2, -0.15) is 0 Å². The van der Waals surface area contributed by atoms with Crippen molar-refractivity contribution >= 4 is 46.4 Å². The van der Waals surface area contributed by atoms with Crippen molar-refractivity contribution in [1.82, 2.24) is 19.9 Å². The summed E-state index contributed by atoms with van der Waals surface area (Å²) in [4.78, 5) is 21.9. The number of nitrogens with zero attached hydrogens (tertiary/aromatic N) is 4. The Hall–Kier alpha value is -7.18. The van der Waals surface area contributed by atoms with Crippen LogP contribution in [0.1, 0.15) is 56.2 Å². The van der Waals surface area contributed by atoms with Crippen molar-refractivity contribution in [2.24, 2.45) is 0 Å². The summed E-state index contributed by atoms with van der Waals surface area (Å²) in [5.74, 6) is 6.50. The molecule has 0 radical (unpaired) electrons. The van der Waals surface area contributed by atoms with Crippen LogP contribution in [0.25, 0.3) is 90.9 Å². The van der Waals surface area contributed by atoms with E-state index in [1.54, 1.807) is 0 Å². The van der Waals surface area contributed by atoms with Gasteiger partial charge in [0.15, 0.2) is 0 Å². The third-order valence-electron chi connectivity index (χ3n) is 11.4. The number of aryl methyl sites for hydroxylation is 6. The average Bonchev–Trinajstić information content (AvgIpc) is 4.09. The van der Waals surface area contributed by atoms with Gasteiger partial charge in [0, 0.05) is 0 Å². The van der Waals surface area contributed by atoms with E-state index in [2.05, 4.69) is 138 Å². The molecule has 8 bridgehead atoms. The third kappa shape index (κ3) is 8.17. The van der Waals surface area contributed by atoms with E-state index in [0.717, 1.165) is 112 Å². The Morgan fingerprint density at radius 3 is 1.13 bits per heavy atom. The fourth-order valence-corrected chi connectivity index (χ4v) is 9.07. The third-order valence-corrected chi connectivity index (χ3v) is 11.4. The standard InChI is InChI=1S/C56H44N4O2.Zn/c1-9-25-61-41-15-11-13-39(31-41)53-43-17-21-47(57-43)55(51-35(5)27-33(3)28-36(51)6)49-23-19-45(59-49)54(40-14-12-16-42(32-40)62-26-10-2)46-20-24-50(60-46)56(48-22-18-44(53)58-48)52-37(7)29-34(4)30-38(52)8;/h1-2,11-24,27-32H,25-26H2,3-8H3;/q-2;+2. The molecule has 2 aliphatic rings. The molecule has 63 heavy (non-hydrogen) atoms. The number of terminal acetylenes is 2. The van der Waals surface area contributed by atoms with E-state index in [0.29, 0.717) is 11.5 Å². The van der Waals surface area contributed by atoms with Crippen molar-refractivity contribution in [1.29, 1.82) is 0 Å². The van der Waals surface area contributed by atoms with Crippen molar-refractivity contribution in [2.75, 3.05) is 13.2 Å². The minimum Gasteiger partial charge on any atom is -0.657 e. The first-order valence-corrected chi connectivity index (χ1v) is 20.7. The fourth-order valence-electron chi connectivity index (χ4n) is 9.07. The molecule has 4 aromatic carbocycles. The van der Waals surface area contributed by atoms with Gasteiger partial charge in [-0.15, -0.1) is 34.9 Å². The maximum absolute atomic E-state index is 5.94.